The Morgan fingerprint density at radius 3 is 2.88 bits per heavy atom. The van der Waals surface area contributed by atoms with Crippen LogP contribution in [0.3, 0.4) is 0 Å². The second-order valence-electron chi connectivity index (χ2n) is 4.88. The second kappa shape index (κ2) is 4.83. The first kappa shape index (κ1) is 11.4. The van der Waals surface area contributed by atoms with Crippen molar-refractivity contribution in [1.29, 1.82) is 0 Å². The summed E-state index contributed by atoms with van der Waals surface area (Å²) in [5.41, 5.74) is 2.62. The highest BCUT2D eigenvalue weighted by Crippen LogP contribution is 2.31. The number of nitrogens with zero attached hydrogens (tertiary/aromatic N) is 2. The lowest BCUT2D eigenvalue weighted by molar-refractivity contribution is 0.587. The molecule has 1 aromatic rings. The minimum atomic E-state index is 0.513. The molecule has 0 atom stereocenters. The number of rotatable bonds is 5. The maximum Gasteiger partial charge on any atom is 0.0442 e. The molecular formula is C13H21N3. The highest BCUT2D eigenvalue weighted by Gasteiger charge is 2.27. The molecule has 0 unspecified atom stereocenters. The van der Waals surface area contributed by atoms with Gasteiger partial charge in [-0.15, -0.1) is 0 Å². The van der Waals surface area contributed by atoms with Gasteiger partial charge in [0.05, 0.1) is 0 Å². The first-order valence-electron chi connectivity index (χ1n) is 6.07. The number of hydrogen-bond donors (Lipinski definition) is 1. The maximum atomic E-state index is 4.22. The Morgan fingerprint density at radius 2 is 2.25 bits per heavy atom. The van der Waals surface area contributed by atoms with Crippen LogP contribution < -0.4 is 10.2 Å². The Bertz CT molecular complexity index is 345. The zero-order valence-corrected chi connectivity index (χ0v) is 10.4. The molecule has 1 fully saturated rings. The summed E-state index contributed by atoms with van der Waals surface area (Å²) in [6, 6.07) is 3.38. The van der Waals surface area contributed by atoms with Gasteiger partial charge in [-0.3, -0.25) is 4.98 Å². The smallest absolute Gasteiger partial charge is 0.0442 e. The van der Waals surface area contributed by atoms with Crippen molar-refractivity contribution in [3.05, 3.63) is 24.0 Å². The fraction of sp³-hybridized carbons (Fsp3) is 0.615. The van der Waals surface area contributed by atoms with Crippen molar-refractivity contribution >= 4 is 5.69 Å². The number of pyridine rings is 1. The van der Waals surface area contributed by atoms with Gasteiger partial charge in [0.1, 0.15) is 0 Å². The summed E-state index contributed by atoms with van der Waals surface area (Å²) in [5, 5.41) is 3.45. The summed E-state index contributed by atoms with van der Waals surface area (Å²) in [6.45, 7) is 5.24. The summed E-state index contributed by atoms with van der Waals surface area (Å²) in [7, 11) is 2.19. The van der Waals surface area contributed by atoms with Gasteiger partial charge in [-0.2, -0.15) is 0 Å². The molecule has 1 aliphatic carbocycles. The summed E-state index contributed by atoms with van der Waals surface area (Å²) in [4.78, 5) is 6.61. The topological polar surface area (TPSA) is 28.2 Å². The van der Waals surface area contributed by atoms with Crippen molar-refractivity contribution in [1.82, 2.24) is 10.3 Å². The Kier molecular flexibility index (Phi) is 3.44. The van der Waals surface area contributed by atoms with Crippen LogP contribution in [0.1, 0.15) is 32.3 Å². The van der Waals surface area contributed by atoms with Crippen LogP contribution in [0.15, 0.2) is 18.5 Å². The van der Waals surface area contributed by atoms with E-state index < -0.39 is 0 Å². The molecule has 2 rings (SSSR count). The van der Waals surface area contributed by atoms with E-state index >= 15 is 0 Å². The lowest BCUT2D eigenvalue weighted by atomic mass is 10.2. The third kappa shape index (κ3) is 2.73. The number of aromatic nitrogens is 1. The molecule has 0 radical (unpaired) electrons. The molecule has 1 aliphatic rings. The van der Waals surface area contributed by atoms with E-state index in [1.54, 1.807) is 0 Å². The van der Waals surface area contributed by atoms with E-state index in [2.05, 4.69) is 42.2 Å². The van der Waals surface area contributed by atoms with Crippen LogP contribution in [-0.4, -0.2) is 24.1 Å². The van der Waals surface area contributed by atoms with Gasteiger partial charge in [-0.25, -0.2) is 0 Å². The van der Waals surface area contributed by atoms with Crippen LogP contribution in [0, 0.1) is 0 Å². The van der Waals surface area contributed by atoms with E-state index in [4.69, 9.17) is 0 Å². The van der Waals surface area contributed by atoms with Gasteiger partial charge in [0.2, 0.25) is 0 Å². The number of anilines is 1. The molecule has 0 bridgehead atoms. The van der Waals surface area contributed by atoms with Crippen molar-refractivity contribution in [3.63, 3.8) is 0 Å². The SMILES string of the molecule is CC(C)NCc1cnccc1N(C)C1CC1. The molecule has 0 spiro atoms. The summed E-state index contributed by atoms with van der Waals surface area (Å²) in [6.07, 6.45) is 6.52. The lowest BCUT2D eigenvalue weighted by Crippen LogP contribution is -2.25. The van der Waals surface area contributed by atoms with Gasteiger partial charge < -0.3 is 10.2 Å². The van der Waals surface area contributed by atoms with Crippen LogP contribution in [0.5, 0.6) is 0 Å². The predicted molar refractivity (Wildman–Crippen MR) is 67.6 cm³/mol. The average Bonchev–Trinajstić information content (AvgIpc) is 3.09. The molecule has 3 nitrogen and oxygen atoms in total. The van der Waals surface area contributed by atoms with Gasteiger partial charge in [-0.1, -0.05) is 13.8 Å². The van der Waals surface area contributed by atoms with E-state index in [1.165, 1.54) is 24.1 Å². The summed E-state index contributed by atoms with van der Waals surface area (Å²) < 4.78 is 0. The number of hydrogen-bond acceptors (Lipinski definition) is 3. The van der Waals surface area contributed by atoms with E-state index in [1.807, 2.05) is 12.4 Å². The highest BCUT2D eigenvalue weighted by molar-refractivity contribution is 5.53. The lowest BCUT2D eigenvalue weighted by Gasteiger charge is -2.22. The molecule has 3 heteroatoms. The predicted octanol–water partition coefficient (Wildman–Crippen LogP) is 2.18. The van der Waals surface area contributed by atoms with Crippen LogP contribution in [0.25, 0.3) is 0 Å². The van der Waals surface area contributed by atoms with Crippen molar-refractivity contribution < 1.29 is 0 Å². The van der Waals surface area contributed by atoms with Crippen LogP contribution in [-0.2, 0) is 6.54 Å². The molecule has 1 aromatic heterocycles. The second-order valence-corrected chi connectivity index (χ2v) is 4.88. The average molecular weight is 219 g/mol. The molecule has 0 saturated heterocycles. The summed E-state index contributed by atoms with van der Waals surface area (Å²) >= 11 is 0. The molecule has 0 amide bonds. The normalized spacial score (nSPS) is 15.5. The van der Waals surface area contributed by atoms with Gasteiger partial charge in [-0.05, 0) is 18.9 Å². The molecule has 1 saturated carbocycles. The number of nitrogens with one attached hydrogen (secondary N) is 1. The Morgan fingerprint density at radius 1 is 1.50 bits per heavy atom. The fourth-order valence-corrected chi connectivity index (χ4v) is 1.87. The third-order valence-corrected chi connectivity index (χ3v) is 3.05. The minimum Gasteiger partial charge on any atom is -0.371 e. The van der Waals surface area contributed by atoms with Crippen molar-refractivity contribution in [2.75, 3.05) is 11.9 Å². The molecule has 88 valence electrons. The minimum absolute atomic E-state index is 0.513. The largest absolute Gasteiger partial charge is 0.371 e. The standard InChI is InChI=1S/C13H21N3/c1-10(2)15-9-11-8-14-7-6-13(11)16(3)12-4-5-12/h6-8,10,12,15H,4-5,9H2,1-3H3. The van der Waals surface area contributed by atoms with Crippen molar-refractivity contribution in [2.24, 2.45) is 0 Å². The Balaban J connectivity index is 2.09. The van der Waals surface area contributed by atoms with E-state index in [0.29, 0.717) is 6.04 Å². The van der Waals surface area contributed by atoms with E-state index in [-0.39, 0.29) is 0 Å². The fourth-order valence-electron chi connectivity index (χ4n) is 1.87. The van der Waals surface area contributed by atoms with Gasteiger partial charge >= 0.3 is 0 Å². The monoisotopic (exact) mass is 219 g/mol. The Labute approximate surface area is 97.9 Å². The van der Waals surface area contributed by atoms with E-state index in [0.717, 1.165) is 12.6 Å². The molecular weight excluding hydrogens is 198 g/mol. The zero-order valence-electron chi connectivity index (χ0n) is 10.4. The molecule has 0 aromatic carbocycles. The molecule has 0 aliphatic heterocycles. The van der Waals surface area contributed by atoms with Gasteiger partial charge in [0.25, 0.3) is 0 Å². The Hall–Kier alpha value is -1.09. The van der Waals surface area contributed by atoms with Gasteiger partial charge in [0, 0.05) is 49.3 Å². The quantitative estimate of drug-likeness (QED) is 0.822. The van der Waals surface area contributed by atoms with Crippen molar-refractivity contribution in [2.45, 2.75) is 45.3 Å². The van der Waals surface area contributed by atoms with Crippen molar-refractivity contribution in [3.8, 4) is 0 Å². The zero-order chi connectivity index (χ0) is 11.5. The maximum absolute atomic E-state index is 4.22. The molecule has 1 N–H and O–H groups in total. The highest BCUT2D eigenvalue weighted by atomic mass is 15.2. The third-order valence-electron chi connectivity index (χ3n) is 3.05. The van der Waals surface area contributed by atoms with E-state index in [9.17, 15) is 0 Å². The molecule has 1 heterocycles. The first-order valence-corrected chi connectivity index (χ1v) is 6.07. The van der Waals surface area contributed by atoms with Gasteiger partial charge in [0.15, 0.2) is 0 Å². The van der Waals surface area contributed by atoms with Crippen LogP contribution in [0.4, 0.5) is 5.69 Å². The van der Waals surface area contributed by atoms with Crippen LogP contribution in [0.2, 0.25) is 0 Å². The molecule has 16 heavy (non-hydrogen) atoms. The summed E-state index contributed by atoms with van der Waals surface area (Å²) in [5.74, 6) is 0. The first-order chi connectivity index (χ1) is 7.68. The van der Waals surface area contributed by atoms with Crippen LogP contribution >= 0.6 is 0 Å².